The predicted molar refractivity (Wildman–Crippen MR) is 60.9 cm³/mol. The molecular weight excluding hydrogens is 190 g/mol. The predicted octanol–water partition coefficient (Wildman–Crippen LogP) is 2.22. The number of carbonyl (C=O) groups is 1. The van der Waals surface area contributed by atoms with Crippen molar-refractivity contribution in [2.45, 2.75) is 20.3 Å². The van der Waals surface area contributed by atoms with Crippen LogP contribution < -0.4 is 5.32 Å². The third-order valence-electron chi connectivity index (χ3n) is 2.02. The van der Waals surface area contributed by atoms with Crippen LogP contribution in [0.4, 0.5) is 5.69 Å². The first-order valence-corrected chi connectivity index (χ1v) is 5.25. The molecule has 3 heteroatoms. The second kappa shape index (κ2) is 6.06. The van der Waals surface area contributed by atoms with Gasteiger partial charge in [-0.2, -0.15) is 0 Å². The molecule has 0 atom stereocenters. The molecule has 82 valence electrons. The normalized spacial score (nSPS) is 9.73. The lowest BCUT2D eigenvalue weighted by Gasteiger charge is -2.09. The molecule has 0 saturated heterocycles. The van der Waals surface area contributed by atoms with Gasteiger partial charge in [0.15, 0.2) is 0 Å². The summed E-state index contributed by atoms with van der Waals surface area (Å²) in [6.45, 7) is 5.12. The van der Waals surface area contributed by atoms with Crippen LogP contribution in [-0.4, -0.2) is 19.1 Å². The molecule has 15 heavy (non-hydrogen) atoms. The van der Waals surface area contributed by atoms with Crippen molar-refractivity contribution in [1.82, 2.24) is 0 Å². The van der Waals surface area contributed by atoms with E-state index < -0.39 is 0 Å². The van der Waals surface area contributed by atoms with Crippen molar-refractivity contribution >= 4 is 11.7 Å². The van der Waals surface area contributed by atoms with Gasteiger partial charge in [-0.05, 0) is 25.5 Å². The maximum Gasteiger partial charge on any atom is 0.310 e. The minimum Gasteiger partial charge on any atom is -0.466 e. The molecular formula is C12H17NO2. The summed E-state index contributed by atoms with van der Waals surface area (Å²) in [4.78, 5) is 11.3. The highest BCUT2D eigenvalue weighted by atomic mass is 16.5. The van der Waals surface area contributed by atoms with Crippen molar-refractivity contribution < 1.29 is 9.53 Å². The Morgan fingerprint density at radius 1 is 1.33 bits per heavy atom. The molecule has 0 aliphatic carbocycles. The summed E-state index contributed by atoms with van der Waals surface area (Å²) in [5.41, 5.74) is 1.99. The Bertz CT molecular complexity index is 323. The van der Waals surface area contributed by atoms with E-state index >= 15 is 0 Å². The zero-order valence-electron chi connectivity index (χ0n) is 9.25. The number of ether oxygens (including phenoxy) is 1. The van der Waals surface area contributed by atoms with Gasteiger partial charge in [-0.15, -0.1) is 0 Å². The Morgan fingerprint density at radius 2 is 2.07 bits per heavy atom. The van der Waals surface area contributed by atoms with Crippen LogP contribution in [0.25, 0.3) is 0 Å². The molecule has 0 spiro atoms. The van der Waals surface area contributed by atoms with E-state index in [0.29, 0.717) is 13.0 Å². The Balaban J connectivity index is 2.70. The van der Waals surface area contributed by atoms with E-state index in [-0.39, 0.29) is 5.97 Å². The molecule has 1 rings (SSSR count). The van der Waals surface area contributed by atoms with Crippen LogP contribution in [0.2, 0.25) is 0 Å². The fourth-order valence-corrected chi connectivity index (χ4v) is 1.40. The van der Waals surface area contributed by atoms with E-state index in [2.05, 4.69) is 5.32 Å². The van der Waals surface area contributed by atoms with Gasteiger partial charge in [-0.25, -0.2) is 0 Å². The van der Waals surface area contributed by atoms with Gasteiger partial charge in [-0.3, -0.25) is 4.79 Å². The lowest BCUT2D eigenvalue weighted by Crippen LogP contribution is -2.09. The summed E-state index contributed by atoms with van der Waals surface area (Å²) in [6, 6.07) is 7.79. The Hall–Kier alpha value is -1.51. The molecule has 3 nitrogen and oxygen atoms in total. The highest BCUT2D eigenvalue weighted by molar-refractivity contribution is 5.75. The number of anilines is 1. The average Bonchev–Trinajstić information content (AvgIpc) is 2.21. The maximum absolute atomic E-state index is 11.3. The maximum atomic E-state index is 11.3. The molecule has 0 amide bonds. The molecule has 0 bridgehead atoms. The standard InChI is InChI=1S/C12H17NO2/c1-3-13-11-8-6-5-7-10(11)9-12(14)15-4-2/h5-8,13H,3-4,9H2,1-2H3. The van der Waals surface area contributed by atoms with Crippen LogP contribution in [-0.2, 0) is 16.0 Å². The van der Waals surface area contributed by atoms with Crippen LogP contribution in [0.1, 0.15) is 19.4 Å². The van der Waals surface area contributed by atoms with Crippen LogP contribution >= 0.6 is 0 Å². The first kappa shape index (κ1) is 11.6. The summed E-state index contributed by atoms with van der Waals surface area (Å²) in [5, 5.41) is 3.22. The molecule has 1 N–H and O–H groups in total. The second-order valence-corrected chi connectivity index (χ2v) is 3.17. The van der Waals surface area contributed by atoms with E-state index in [1.165, 1.54) is 0 Å². The lowest BCUT2D eigenvalue weighted by atomic mass is 10.1. The zero-order chi connectivity index (χ0) is 11.1. The minimum absolute atomic E-state index is 0.178. The van der Waals surface area contributed by atoms with E-state index in [1.807, 2.05) is 38.1 Å². The molecule has 0 saturated carbocycles. The van der Waals surface area contributed by atoms with Gasteiger partial charge in [0.25, 0.3) is 0 Å². The number of carbonyl (C=O) groups excluding carboxylic acids is 1. The van der Waals surface area contributed by atoms with Crippen LogP contribution in [0.5, 0.6) is 0 Å². The number of hydrogen-bond donors (Lipinski definition) is 1. The number of rotatable bonds is 5. The fraction of sp³-hybridized carbons (Fsp3) is 0.417. The summed E-state index contributed by atoms with van der Waals surface area (Å²) in [6.07, 6.45) is 0.330. The Kier molecular flexibility index (Phi) is 4.68. The number of hydrogen-bond acceptors (Lipinski definition) is 3. The van der Waals surface area contributed by atoms with Gasteiger partial charge in [0.2, 0.25) is 0 Å². The van der Waals surface area contributed by atoms with E-state index in [1.54, 1.807) is 0 Å². The molecule has 0 aliphatic heterocycles. The quantitative estimate of drug-likeness (QED) is 0.752. The molecule has 0 heterocycles. The molecule has 0 aromatic heterocycles. The molecule has 0 aliphatic rings. The number of para-hydroxylation sites is 1. The van der Waals surface area contributed by atoms with Gasteiger partial charge in [0, 0.05) is 12.2 Å². The summed E-state index contributed by atoms with van der Waals surface area (Å²) in [5.74, 6) is -0.178. The van der Waals surface area contributed by atoms with Crippen molar-refractivity contribution in [1.29, 1.82) is 0 Å². The lowest BCUT2D eigenvalue weighted by molar-refractivity contribution is -0.142. The Labute approximate surface area is 90.4 Å². The number of nitrogens with one attached hydrogen (secondary N) is 1. The van der Waals surface area contributed by atoms with Crippen molar-refractivity contribution in [2.75, 3.05) is 18.5 Å². The largest absolute Gasteiger partial charge is 0.466 e. The van der Waals surface area contributed by atoms with Crippen molar-refractivity contribution in [2.24, 2.45) is 0 Å². The molecule has 1 aromatic carbocycles. The highest BCUT2D eigenvalue weighted by Gasteiger charge is 2.07. The molecule has 0 unspecified atom stereocenters. The van der Waals surface area contributed by atoms with Crippen molar-refractivity contribution in [3.63, 3.8) is 0 Å². The summed E-state index contributed by atoms with van der Waals surface area (Å²) < 4.78 is 4.91. The van der Waals surface area contributed by atoms with E-state index in [0.717, 1.165) is 17.8 Å². The molecule has 0 fully saturated rings. The first-order valence-electron chi connectivity index (χ1n) is 5.25. The van der Waals surface area contributed by atoms with E-state index in [4.69, 9.17) is 4.74 Å². The topological polar surface area (TPSA) is 38.3 Å². The van der Waals surface area contributed by atoms with Crippen molar-refractivity contribution in [3.8, 4) is 0 Å². The average molecular weight is 207 g/mol. The van der Waals surface area contributed by atoms with Gasteiger partial charge in [0.05, 0.1) is 13.0 Å². The molecule has 0 radical (unpaired) electrons. The minimum atomic E-state index is -0.178. The SMILES string of the molecule is CCNc1ccccc1CC(=O)OCC. The third kappa shape index (κ3) is 3.62. The summed E-state index contributed by atoms with van der Waals surface area (Å²) in [7, 11) is 0. The zero-order valence-corrected chi connectivity index (χ0v) is 9.25. The van der Waals surface area contributed by atoms with E-state index in [9.17, 15) is 4.79 Å². The fourth-order valence-electron chi connectivity index (χ4n) is 1.40. The van der Waals surface area contributed by atoms with Gasteiger partial charge in [0.1, 0.15) is 0 Å². The van der Waals surface area contributed by atoms with Crippen LogP contribution in [0.15, 0.2) is 24.3 Å². The van der Waals surface area contributed by atoms with Gasteiger partial charge in [-0.1, -0.05) is 18.2 Å². The number of benzene rings is 1. The van der Waals surface area contributed by atoms with Crippen LogP contribution in [0, 0.1) is 0 Å². The monoisotopic (exact) mass is 207 g/mol. The second-order valence-electron chi connectivity index (χ2n) is 3.17. The summed E-state index contributed by atoms with van der Waals surface area (Å²) >= 11 is 0. The molecule has 1 aromatic rings. The highest BCUT2D eigenvalue weighted by Crippen LogP contribution is 2.15. The van der Waals surface area contributed by atoms with Crippen molar-refractivity contribution in [3.05, 3.63) is 29.8 Å². The van der Waals surface area contributed by atoms with Crippen LogP contribution in [0.3, 0.4) is 0 Å². The van der Waals surface area contributed by atoms with Gasteiger partial charge >= 0.3 is 5.97 Å². The number of esters is 1. The third-order valence-corrected chi connectivity index (χ3v) is 2.02. The van der Waals surface area contributed by atoms with Gasteiger partial charge < -0.3 is 10.1 Å². The smallest absolute Gasteiger partial charge is 0.310 e. The Morgan fingerprint density at radius 3 is 2.73 bits per heavy atom. The first-order chi connectivity index (χ1) is 7.27.